The van der Waals surface area contributed by atoms with Gasteiger partial charge < -0.3 is 0 Å². The lowest BCUT2D eigenvalue weighted by atomic mass is 9.78. The van der Waals surface area contributed by atoms with Crippen LogP contribution in [0.1, 0.15) is 26.7 Å². The van der Waals surface area contributed by atoms with Gasteiger partial charge in [-0.3, -0.25) is 9.59 Å². The van der Waals surface area contributed by atoms with Gasteiger partial charge in [0.05, 0.1) is 0 Å². The zero-order valence-corrected chi connectivity index (χ0v) is 9.73. The monoisotopic (exact) mass is 237 g/mol. The van der Waals surface area contributed by atoms with Crippen LogP contribution in [0.2, 0.25) is 0 Å². The van der Waals surface area contributed by atoms with Crippen molar-refractivity contribution in [3.8, 4) is 0 Å². The predicted octanol–water partition coefficient (Wildman–Crippen LogP) is 2.17. The third-order valence-corrected chi connectivity index (χ3v) is 3.58. The number of carbonyl (C=O) groups excluding carboxylic acids is 2. The minimum Gasteiger partial charge on any atom is -0.273 e. The second-order valence-electron chi connectivity index (χ2n) is 4.09. The van der Waals surface area contributed by atoms with Crippen LogP contribution in [0.4, 0.5) is 0 Å². The Morgan fingerprint density at radius 3 is 2.57 bits per heavy atom. The van der Waals surface area contributed by atoms with Gasteiger partial charge in [-0.1, -0.05) is 13.8 Å². The zero-order chi connectivity index (χ0) is 10.9. The summed E-state index contributed by atoms with van der Waals surface area (Å²) in [5.74, 6) is -0.314. The van der Waals surface area contributed by atoms with Crippen LogP contribution in [0.25, 0.3) is 0 Å². The second kappa shape index (κ2) is 4.07. The first-order valence-corrected chi connectivity index (χ1v) is 5.37. The molecule has 3 nitrogen and oxygen atoms in total. The summed E-state index contributed by atoms with van der Waals surface area (Å²) < 4.78 is 0.701. The van der Waals surface area contributed by atoms with Crippen molar-refractivity contribution in [1.82, 2.24) is 4.42 Å². The quantitative estimate of drug-likeness (QED) is 0.399. The Morgan fingerprint density at radius 2 is 2.07 bits per heavy atom. The lowest BCUT2D eigenvalue weighted by Gasteiger charge is -2.29. The van der Waals surface area contributed by atoms with Gasteiger partial charge in [0.2, 0.25) is 11.8 Å². The largest absolute Gasteiger partial charge is 0.273 e. The van der Waals surface area contributed by atoms with Crippen LogP contribution >= 0.6 is 23.4 Å². The highest BCUT2D eigenvalue weighted by Crippen LogP contribution is 2.37. The van der Waals surface area contributed by atoms with E-state index in [-0.39, 0.29) is 24.2 Å². The molecule has 1 atom stereocenters. The Morgan fingerprint density at radius 1 is 1.50 bits per heavy atom. The summed E-state index contributed by atoms with van der Waals surface area (Å²) in [7, 11) is 0. The van der Waals surface area contributed by atoms with E-state index in [1.54, 1.807) is 13.8 Å². The average molecular weight is 238 g/mol. The second-order valence-corrected chi connectivity index (χ2v) is 4.74. The first-order valence-electron chi connectivity index (χ1n) is 4.50. The first-order chi connectivity index (χ1) is 6.41. The van der Waals surface area contributed by atoms with Crippen molar-refractivity contribution in [2.24, 2.45) is 11.3 Å². The molecule has 0 aliphatic carbocycles. The molecule has 0 bridgehead atoms. The summed E-state index contributed by atoms with van der Waals surface area (Å²) >= 11 is 11.4. The molecule has 5 heteroatoms. The Balaban J connectivity index is 3.00. The highest BCUT2D eigenvalue weighted by Gasteiger charge is 2.43. The molecule has 1 heterocycles. The molecule has 0 N–H and O–H groups in total. The molecule has 1 aliphatic heterocycles. The van der Waals surface area contributed by atoms with E-state index in [2.05, 4.69) is 0 Å². The van der Waals surface area contributed by atoms with E-state index < -0.39 is 5.41 Å². The fourth-order valence-corrected chi connectivity index (χ4v) is 2.41. The number of rotatable bonds is 1. The van der Waals surface area contributed by atoms with E-state index in [0.717, 1.165) is 0 Å². The number of nitrogens with zero attached hydrogens (tertiary/aromatic N) is 1. The minimum atomic E-state index is -0.657. The predicted molar refractivity (Wildman–Crippen MR) is 54.9 cm³/mol. The molecule has 0 saturated carbocycles. The van der Waals surface area contributed by atoms with Gasteiger partial charge in [0.1, 0.15) is 0 Å². The van der Waals surface area contributed by atoms with Gasteiger partial charge in [0.25, 0.3) is 0 Å². The average Bonchev–Trinajstić information content (AvgIpc) is 2.20. The number of hydrogen-bond acceptors (Lipinski definition) is 2. The van der Waals surface area contributed by atoms with E-state index in [1.807, 2.05) is 0 Å². The lowest BCUT2D eigenvalue weighted by molar-refractivity contribution is -0.143. The Bertz CT molecular complexity index is 266. The highest BCUT2D eigenvalue weighted by molar-refractivity contribution is 6.31. The summed E-state index contributed by atoms with van der Waals surface area (Å²) in [6, 6.07) is 0. The van der Waals surface area contributed by atoms with Crippen LogP contribution in [-0.2, 0) is 9.59 Å². The van der Waals surface area contributed by atoms with E-state index in [4.69, 9.17) is 23.4 Å². The van der Waals surface area contributed by atoms with Gasteiger partial charge in [0.15, 0.2) is 0 Å². The zero-order valence-electron chi connectivity index (χ0n) is 8.22. The topological polar surface area (TPSA) is 37.4 Å². The lowest BCUT2D eigenvalue weighted by Crippen LogP contribution is -2.40. The van der Waals surface area contributed by atoms with Crippen LogP contribution in [0.3, 0.4) is 0 Å². The normalized spacial score (nSPS) is 27.7. The van der Waals surface area contributed by atoms with Crippen molar-refractivity contribution in [3.05, 3.63) is 0 Å². The summed E-state index contributed by atoms with van der Waals surface area (Å²) in [4.78, 5) is 23.1. The maximum absolute atomic E-state index is 11.8. The first kappa shape index (κ1) is 11.8. The Kier molecular flexibility index (Phi) is 3.43. The molecule has 0 aromatic rings. The van der Waals surface area contributed by atoms with Gasteiger partial charge in [-0.25, -0.2) is 0 Å². The number of halogens is 2. The van der Waals surface area contributed by atoms with E-state index in [1.165, 1.54) is 0 Å². The van der Waals surface area contributed by atoms with Gasteiger partial charge in [-0.15, -0.1) is 11.6 Å². The number of hydrogen-bond donors (Lipinski definition) is 0. The van der Waals surface area contributed by atoms with Crippen LogP contribution < -0.4 is 0 Å². The number of carbonyl (C=O) groups is 2. The summed E-state index contributed by atoms with van der Waals surface area (Å²) in [5.41, 5.74) is -0.657. The molecule has 1 aliphatic rings. The van der Waals surface area contributed by atoms with Crippen molar-refractivity contribution < 1.29 is 9.59 Å². The third-order valence-electron chi connectivity index (χ3n) is 2.86. The Labute approximate surface area is 93.5 Å². The maximum atomic E-state index is 11.8. The number of amides is 2. The van der Waals surface area contributed by atoms with E-state index in [0.29, 0.717) is 16.7 Å². The Hall–Kier alpha value is -0.280. The molecule has 0 aromatic heterocycles. The van der Waals surface area contributed by atoms with E-state index >= 15 is 0 Å². The highest BCUT2D eigenvalue weighted by atomic mass is 35.5. The van der Waals surface area contributed by atoms with Crippen molar-refractivity contribution in [2.45, 2.75) is 26.7 Å². The van der Waals surface area contributed by atoms with Gasteiger partial charge >= 0.3 is 0 Å². The number of alkyl halides is 1. The van der Waals surface area contributed by atoms with Crippen LogP contribution in [0, 0.1) is 11.3 Å². The molecule has 1 fully saturated rings. The molecule has 1 saturated heterocycles. The SMILES string of the molecule is CC1(C)C(=O)N(Cl)C(=O)CCC1CCl. The fraction of sp³-hybridized carbons (Fsp3) is 0.778. The molecular weight excluding hydrogens is 225 g/mol. The van der Waals surface area contributed by atoms with Gasteiger partial charge in [0, 0.05) is 29.5 Å². The van der Waals surface area contributed by atoms with Crippen LogP contribution in [0.5, 0.6) is 0 Å². The summed E-state index contributed by atoms with van der Waals surface area (Å²) in [5, 5.41) is 0. The van der Waals surface area contributed by atoms with Crippen molar-refractivity contribution in [3.63, 3.8) is 0 Å². The molecule has 0 radical (unpaired) electrons. The summed E-state index contributed by atoms with van der Waals surface area (Å²) in [6.07, 6.45) is 0.903. The molecule has 14 heavy (non-hydrogen) atoms. The van der Waals surface area contributed by atoms with E-state index in [9.17, 15) is 9.59 Å². The molecule has 0 spiro atoms. The van der Waals surface area contributed by atoms with Crippen LogP contribution in [0.15, 0.2) is 0 Å². The van der Waals surface area contributed by atoms with Gasteiger partial charge in [-0.05, 0) is 12.3 Å². The van der Waals surface area contributed by atoms with Gasteiger partial charge in [-0.2, -0.15) is 4.42 Å². The molecular formula is C9H13Cl2NO2. The van der Waals surface area contributed by atoms with Crippen LogP contribution in [-0.4, -0.2) is 22.1 Å². The smallest absolute Gasteiger partial charge is 0.249 e. The van der Waals surface area contributed by atoms with Crippen molar-refractivity contribution in [2.75, 3.05) is 5.88 Å². The maximum Gasteiger partial charge on any atom is 0.249 e. The molecule has 2 amide bonds. The summed E-state index contributed by atoms with van der Waals surface area (Å²) in [6.45, 7) is 3.55. The molecule has 0 aromatic carbocycles. The molecule has 1 rings (SSSR count). The number of imide groups is 1. The standard InChI is InChI=1S/C9H13Cl2NO2/c1-9(2)6(5-10)3-4-7(13)12(11)8(9)14/h6H,3-5H2,1-2H3. The molecule has 1 unspecified atom stereocenters. The van der Waals surface area contributed by atoms with Crippen molar-refractivity contribution >= 4 is 35.2 Å². The minimum absolute atomic E-state index is 0.00404. The van der Waals surface area contributed by atoms with Crippen molar-refractivity contribution in [1.29, 1.82) is 0 Å². The molecule has 80 valence electrons. The third kappa shape index (κ3) is 1.89. The fourth-order valence-electron chi connectivity index (χ4n) is 1.57.